The topological polar surface area (TPSA) is 55.3 Å². The van der Waals surface area contributed by atoms with Gasteiger partial charge in [-0.15, -0.1) is 0 Å². The molecule has 1 saturated heterocycles. The Bertz CT molecular complexity index is 316. The van der Waals surface area contributed by atoms with E-state index in [4.69, 9.17) is 11.5 Å². The van der Waals surface area contributed by atoms with Crippen molar-refractivity contribution < 1.29 is 0 Å². The highest BCUT2D eigenvalue weighted by Crippen LogP contribution is 2.20. The van der Waals surface area contributed by atoms with Gasteiger partial charge in [-0.25, -0.2) is 0 Å². The molecule has 1 fully saturated rings. The number of piperidine rings is 1. The van der Waals surface area contributed by atoms with Crippen molar-refractivity contribution in [2.45, 2.75) is 25.4 Å². The number of hydrogen-bond acceptors (Lipinski definition) is 3. The molecule has 0 aliphatic carbocycles. The third-order valence-corrected chi connectivity index (χ3v) is 3.05. The van der Waals surface area contributed by atoms with Crippen LogP contribution in [0.2, 0.25) is 0 Å². The van der Waals surface area contributed by atoms with E-state index in [9.17, 15) is 0 Å². The lowest BCUT2D eigenvalue weighted by Gasteiger charge is -2.32. The van der Waals surface area contributed by atoms with E-state index in [1.54, 1.807) is 0 Å². The van der Waals surface area contributed by atoms with Gasteiger partial charge >= 0.3 is 0 Å². The summed E-state index contributed by atoms with van der Waals surface area (Å²) in [5.74, 6) is 0. The molecule has 0 saturated carbocycles. The minimum atomic E-state index is 0.388. The minimum Gasteiger partial charge on any atom is -0.371 e. The summed E-state index contributed by atoms with van der Waals surface area (Å²) in [5.41, 5.74) is 14.0. The van der Waals surface area contributed by atoms with Gasteiger partial charge in [0, 0.05) is 31.4 Å². The Kier molecular flexibility index (Phi) is 3.23. The Morgan fingerprint density at radius 2 is 2.00 bits per heavy atom. The average Bonchev–Trinajstić information content (AvgIpc) is 2.30. The van der Waals surface area contributed by atoms with Gasteiger partial charge in [-0.2, -0.15) is 0 Å². The largest absolute Gasteiger partial charge is 0.371 e. The van der Waals surface area contributed by atoms with Crippen molar-refractivity contribution in [3.05, 3.63) is 29.8 Å². The van der Waals surface area contributed by atoms with Crippen molar-refractivity contribution in [2.24, 2.45) is 11.5 Å². The number of hydrogen-bond donors (Lipinski definition) is 2. The molecule has 3 nitrogen and oxygen atoms in total. The predicted molar refractivity (Wildman–Crippen MR) is 63.8 cm³/mol. The normalized spacial score (nSPS) is 18.1. The zero-order chi connectivity index (χ0) is 10.7. The Balaban J connectivity index is 2.08. The molecular formula is C12H19N3. The van der Waals surface area contributed by atoms with Crippen LogP contribution in [0.3, 0.4) is 0 Å². The molecule has 0 aromatic heterocycles. The average molecular weight is 205 g/mol. The minimum absolute atomic E-state index is 0.388. The molecule has 0 amide bonds. The first-order valence-electron chi connectivity index (χ1n) is 5.59. The maximum absolute atomic E-state index is 5.88. The van der Waals surface area contributed by atoms with Crippen LogP contribution in [0, 0.1) is 0 Å². The van der Waals surface area contributed by atoms with E-state index in [0.717, 1.165) is 25.9 Å². The third kappa shape index (κ3) is 2.49. The molecule has 0 radical (unpaired) electrons. The van der Waals surface area contributed by atoms with Crippen LogP contribution in [-0.4, -0.2) is 19.1 Å². The van der Waals surface area contributed by atoms with Crippen molar-refractivity contribution in [3.8, 4) is 0 Å². The number of anilines is 1. The van der Waals surface area contributed by atoms with Gasteiger partial charge in [0.2, 0.25) is 0 Å². The molecule has 4 N–H and O–H groups in total. The summed E-state index contributed by atoms with van der Waals surface area (Å²) in [6, 6.07) is 8.86. The molecule has 3 heteroatoms. The van der Waals surface area contributed by atoms with Crippen molar-refractivity contribution in [1.82, 2.24) is 0 Å². The van der Waals surface area contributed by atoms with Gasteiger partial charge in [-0.05, 0) is 30.5 Å². The molecule has 2 rings (SSSR count). The summed E-state index contributed by atoms with van der Waals surface area (Å²) in [7, 11) is 0. The number of nitrogens with zero attached hydrogens (tertiary/aromatic N) is 1. The van der Waals surface area contributed by atoms with E-state index in [1.807, 2.05) is 0 Å². The first-order valence-corrected chi connectivity index (χ1v) is 5.59. The molecule has 1 aliphatic rings. The quantitative estimate of drug-likeness (QED) is 0.759. The Morgan fingerprint density at radius 1 is 1.27 bits per heavy atom. The van der Waals surface area contributed by atoms with Crippen LogP contribution in [0.15, 0.2) is 24.3 Å². The molecule has 1 aromatic carbocycles. The van der Waals surface area contributed by atoms with Crippen LogP contribution in [0.4, 0.5) is 5.69 Å². The molecular weight excluding hydrogens is 186 g/mol. The lowest BCUT2D eigenvalue weighted by molar-refractivity contribution is 0.501. The Morgan fingerprint density at radius 3 is 2.67 bits per heavy atom. The number of nitrogens with two attached hydrogens (primary N) is 2. The van der Waals surface area contributed by atoms with Crippen molar-refractivity contribution in [2.75, 3.05) is 18.0 Å². The van der Waals surface area contributed by atoms with Crippen LogP contribution < -0.4 is 16.4 Å². The molecule has 0 unspecified atom stereocenters. The van der Waals surface area contributed by atoms with Crippen LogP contribution in [0.5, 0.6) is 0 Å². The summed E-state index contributed by atoms with van der Waals surface area (Å²) in [5, 5.41) is 0. The zero-order valence-corrected chi connectivity index (χ0v) is 9.02. The van der Waals surface area contributed by atoms with Gasteiger partial charge in [0.05, 0.1) is 0 Å². The molecule has 82 valence electrons. The smallest absolute Gasteiger partial charge is 0.0369 e. The van der Waals surface area contributed by atoms with Crippen molar-refractivity contribution >= 4 is 5.69 Å². The molecule has 0 bridgehead atoms. The van der Waals surface area contributed by atoms with Crippen LogP contribution in [0.25, 0.3) is 0 Å². The number of rotatable bonds is 2. The molecule has 0 spiro atoms. The molecule has 0 atom stereocenters. The lowest BCUT2D eigenvalue weighted by atomic mass is 10.0. The van der Waals surface area contributed by atoms with Crippen molar-refractivity contribution in [1.29, 1.82) is 0 Å². The highest BCUT2D eigenvalue weighted by atomic mass is 15.1. The van der Waals surface area contributed by atoms with E-state index in [1.165, 1.54) is 11.3 Å². The summed E-state index contributed by atoms with van der Waals surface area (Å²) in [6.45, 7) is 2.74. The van der Waals surface area contributed by atoms with E-state index in [2.05, 4.69) is 29.2 Å². The fourth-order valence-corrected chi connectivity index (χ4v) is 2.04. The summed E-state index contributed by atoms with van der Waals surface area (Å²) in [4.78, 5) is 2.39. The highest BCUT2D eigenvalue weighted by molar-refractivity contribution is 5.49. The molecule has 15 heavy (non-hydrogen) atoms. The fourth-order valence-electron chi connectivity index (χ4n) is 2.04. The first-order chi connectivity index (χ1) is 7.29. The second-order valence-electron chi connectivity index (χ2n) is 4.20. The highest BCUT2D eigenvalue weighted by Gasteiger charge is 2.16. The van der Waals surface area contributed by atoms with Gasteiger partial charge in [0.1, 0.15) is 0 Å². The maximum atomic E-state index is 5.88. The van der Waals surface area contributed by atoms with Gasteiger partial charge in [-0.3, -0.25) is 0 Å². The van der Waals surface area contributed by atoms with E-state index < -0.39 is 0 Å². The van der Waals surface area contributed by atoms with E-state index >= 15 is 0 Å². The second-order valence-corrected chi connectivity index (χ2v) is 4.20. The Hall–Kier alpha value is -1.06. The summed E-state index contributed by atoms with van der Waals surface area (Å²) >= 11 is 0. The second kappa shape index (κ2) is 4.64. The van der Waals surface area contributed by atoms with Gasteiger partial charge in [0.25, 0.3) is 0 Å². The maximum Gasteiger partial charge on any atom is 0.0369 e. The molecule has 1 aliphatic heterocycles. The first kappa shape index (κ1) is 10.5. The standard InChI is InChI=1S/C12H19N3/c13-9-10-2-1-3-12(8-10)15-6-4-11(14)5-7-15/h1-3,8,11H,4-7,9,13-14H2. The van der Waals surface area contributed by atoms with Crippen molar-refractivity contribution in [3.63, 3.8) is 0 Å². The molecule has 1 aromatic rings. The summed E-state index contributed by atoms with van der Waals surface area (Å²) in [6.07, 6.45) is 2.18. The van der Waals surface area contributed by atoms with Gasteiger partial charge in [0.15, 0.2) is 0 Å². The summed E-state index contributed by atoms with van der Waals surface area (Å²) < 4.78 is 0. The number of benzene rings is 1. The zero-order valence-electron chi connectivity index (χ0n) is 9.02. The fraction of sp³-hybridized carbons (Fsp3) is 0.500. The van der Waals surface area contributed by atoms with Crippen LogP contribution >= 0.6 is 0 Å². The third-order valence-electron chi connectivity index (χ3n) is 3.05. The van der Waals surface area contributed by atoms with Crippen LogP contribution in [-0.2, 0) is 6.54 Å². The predicted octanol–water partition coefficient (Wildman–Crippen LogP) is 1.07. The van der Waals surface area contributed by atoms with Crippen LogP contribution in [0.1, 0.15) is 18.4 Å². The van der Waals surface area contributed by atoms with Gasteiger partial charge in [-0.1, -0.05) is 12.1 Å². The van der Waals surface area contributed by atoms with Gasteiger partial charge < -0.3 is 16.4 Å². The van der Waals surface area contributed by atoms with E-state index in [-0.39, 0.29) is 0 Å². The monoisotopic (exact) mass is 205 g/mol. The Labute approximate surface area is 91.1 Å². The lowest BCUT2D eigenvalue weighted by Crippen LogP contribution is -2.39. The molecule has 1 heterocycles. The van der Waals surface area contributed by atoms with E-state index in [0.29, 0.717) is 12.6 Å². The SMILES string of the molecule is NCc1cccc(N2CCC(N)CC2)c1.